The molecule has 5 heteroatoms. The summed E-state index contributed by atoms with van der Waals surface area (Å²) in [5.74, 6) is 0.982. The molecule has 0 aromatic carbocycles. The predicted molar refractivity (Wildman–Crippen MR) is 85.7 cm³/mol. The second-order valence-electron chi connectivity index (χ2n) is 7.18. The first kappa shape index (κ1) is 15.1. The van der Waals surface area contributed by atoms with Gasteiger partial charge in [-0.3, -0.25) is 4.99 Å². The van der Waals surface area contributed by atoms with Crippen LogP contribution in [0, 0.1) is 5.41 Å². The van der Waals surface area contributed by atoms with Crippen LogP contribution in [-0.4, -0.2) is 62.3 Å². The van der Waals surface area contributed by atoms with Gasteiger partial charge in [-0.25, -0.2) is 0 Å². The Bertz CT molecular complexity index is 368. The third-order valence-electron chi connectivity index (χ3n) is 4.80. The highest BCUT2D eigenvalue weighted by atomic mass is 16.5. The van der Waals surface area contributed by atoms with E-state index in [0.29, 0.717) is 6.04 Å². The second-order valence-corrected chi connectivity index (χ2v) is 7.18. The quantitative estimate of drug-likeness (QED) is 0.591. The molecule has 0 bridgehead atoms. The van der Waals surface area contributed by atoms with Gasteiger partial charge >= 0.3 is 0 Å². The summed E-state index contributed by atoms with van der Waals surface area (Å²) in [5.41, 5.74) is 0.248. The van der Waals surface area contributed by atoms with Gasteiger partial charge in [-0.2, -0.15) is 0 Å². The Morgan fingerprint density at radius 1 is 1.24 bits per heavy atom. The van der Waals surface area contributed by atoms with Crippen LogP contribution in [0.1, 0.15) is 39.5 Å². The molecule has 0 unspecified atom stereocenters. The maximum absolute atomic E-state index is 5.30. The number of nitrogens with one attached hydrogen (secondary N) is 2. The molecule has 0 aromatic rings. The third kappa shape index (κ3) is 4.10. The SMILES string of the molecule is CCNC(=NCC1(C)COC1)NC1CCN(C2CC2)CC1. The normalized spacial score (nSPS) is 27.2. The summed E-state index contributed by atoms with van der Waals surface area (Å²) in [7, 11) is 0. The standard InChI is InChI=1S/C16H30N4O/c1-3-17-15(18-10-16(2)11-21-12-16)19-13-6-8-20(9-7-13)14-4-5-14/h13-14H,3-12H2,1-2H3,(H2,17,18,19). The monoisotopic (exact) mass is 294 g/mol. The molecule has 5 nitrogen and oxygen atoms in total. The predicted octanol–water partition coefficient (Wildman–Crippen LogP) is 1.20. The molecule has 2 N–H and O–H groups in total. The van der Waals surface area contributed by atoms with Gasteiger partial charge in [0.05, 0.1) is 19.8 Å². The van der Waals surface area contributed by atoms with Crippen LogP contribution in [0.3, 0.4) is 0 Å². The summed E-state index contributed by atoms with van der Waals surface area (Å²) in [6.07, 6.45) is 5.31. The van der Waals surface area contributed by atoms with Crippen LogP contribution in [0.15, 0.2) is 4.99 Å². The molecular formula is C16H30N4O. The topological polar surface area (TPSA) is 48.9 Å². The molecule has 120 valence electrons. The minimum atomic E-state index is 0.248. The summed E-state index contributed by atoms with van der Waals surface area (Å²) in [6.45, 7) is 10.3. The van der Waals surface area contributed by atoms with E-state index >= 15 is 0 Å². The van der Waals surface area contributed by atoms with Crippen LogP contribution in [-0.2, 0) is 4.74 Å². The second kappa shape index (κ2) is 6.53. The van der Waals surface area contributed by atoms with Gasteiger partial charge in [0.15, 0.2) is 5.96 Å². The van der Waals surface area contributed by atoms with Gasteiger partial charge in [0.1, 0.15) is 0 Å². The molecule has 21 heavy (non-hydrogen) atoms. The van der Waals surface area contributed by atoms with Gasteiger partial charge in [0, 0.05) is 37.1 Å². The Morgan fingerprint density at radius 2 is 1.95 bits per heavy atom. The number of nitrogens with zero attached hydrogens (tertiary/aromatic N) is 2. The summed E-state index contributed by atoms with van der Waals surface area (Å²) in [5, 5.41) is 7.01. The Hall–Kier alpha value is -0.810. The van der Waals surface area contributed by atoms with Gasteiger partial charge < -0.3 is 20.3 Å². The van der Waals surface area contributed by atoms with Crippen molar-refractivity contribution in [2.24, 2.45) is 10.4 Å². The smallest absolute Gasteiger partial charge is 0.191 e. The van der Waals surface area contributed by atoms with Crippen molar-refractivity contribution in [3.05, 3.63) is 0 Å². The van der Waals surface area contributed by atoms with Crippen molar-refractivity contribution >= 4 is 5.96 Å². The maximum atomic E-state index is 5.30. The highest BCUT2D eigenvalue weighted by Gasteiger charge is 2.34. The van der Waals surface area contributed by atoms with Crippen molar-refractivity contribution in [1.29, 1.82) is 0 Å². The van der Waals surface area contributed by atoms with E-state index < -0.39 is 0 Å². The number of ether oxygens (including phenoxy) is 1. The van der Waals surface area contributed by atoms with Gasteiger partial charge in [0.25, 0.3) is 0 Å². The molecule has 0 spiro atoms. The van der Waals surface area contributed by atoms with E-state index in [0.717, 1.165) is 38.3 Å². The van der Waals surface area contributed by atoms with Crippen LogP contribution >= 0.6 is 0 Å². The average molecular weight is 294 g/mol. The molecule has 0 radical (unpaired) electrons. The van der Waals surface area contributed by atoms with E-state index in [1.165, 1.54) is 38.8 Å². The van der Waals surface area contributed by atoms with Gasteiger partial charge in [-0.1, -0.05) is 6.92 Å². The molecule has 2 heterocycles. The molecule has 3 fully saturated rings. The van der Waals surface area contributed by atoms with E-state index in [2.05, 4.69) is 29.4 Å². The highest BCUT2D eigenvalue weighted by Crippen LogP contribution is 2.29. The van der Waals surface area contributed by atoms with Crippen LogP contribution < -0.4 is 10.6 Å². The van der Waals surface area contributed by atoms with Crippen LogP contribution in [0.4, 0.5) is 0 Å². The Kier molecular flexibility index (Phi) is 4.69. The van der Waals surface area contributed by atoms with Crippen molar-refractivity contribution in [2.75, 3.05) is 39.4 Å². The van der Waals surface area contributed by atoms with Gasteiger partial charge in [-0.05, 0) is 32.6 Å². The van der Waals surface area contributed by atoms with Crippen LogP contribution in [0.25, 0.3) is 0 Å². The molecule has 2 aliphatic heterocycles. The third-order valence-corrected chi connectivity index (χ3v) is 4.80. The summed E-state index contributed by atoms with van der Waals surface area (Å²) >= 11 is 0. The molecule has 0 amide bonds. The zero-order valence-electron chi connectivity index (χ0n) is 13.5. The fourth-order valence-electron chi connectivity index (χ4n) is 3.17. The lowest BCUT2D eigenvalue weighted by atomic mass is 9.89. The minimum absolute atomic E-state index is 0.248. The first-order valence-electron chi connectivity index (χ1n) is 8.55. The summed E-state index contributed by atoms with van der Waals surface area (Å²) in [6, 6.07) is 1.48. The molecule has 0 atom stereocenters. The lowest BCUT2D eigenvalue weighted by molar-refractivity contribution is -0.0945. The molecule has 1 aliphatic carbocycles. The van der Waals surface area contributed by atoms with Gasteiger partial charge in [0.2, 0.25) is 0 Å². The fourth-order valence-corrected chi connectivity index (χ4v) is 3.17. The van der Waals surface area contributed by atoms with E-state index in [1.54, 1.807) is 0 Å². The molecule has 1 saturated carbocycles. The van der Waals surface area contributed by atoms with Crippen molar-refractivity contribution in [3.63, 3.8) is 0 Å². The zero-order valence-corrected chi connectivity index (χ0v) is 13.5. The number of aliphatic imine (C=N–C) groups is 1. The first-order valence-corrected chi connectivity index (χ1v) is 8.55. The number of likely N-dealkylation sites (tertiary alicyclic amines) is 1. The van der Waals surface area contributed by atoms with Crippen LogP contribution in [0.2, 0.25) is 0 Å². The lowest BCUT2D eigenvalue weighted by Crippen LogP contribution is -2.50. The number of rotatable bonds is 5. The number of hydrogen-bond donors (Lipinski definition) is 2. The average Bonchev–Trinajstić information content (AvgIpc) is 3.28. The maximum Gasteiger partial charge on any atom is 0.191 e. The van der Waals surface area contributed by atoms with Crippen molar-refractivity contribution in [1.82, 2.24) is 15.5 Å². The Morgan fingerprint density at radius 3 is 2.48 bits per heavy atom. The summed E-state index contributed by atoms with van der Waals surface area (Å²) in [4.78, 5) is 7.43. The van der Waals surface area contributed by atoms with E-state index in [9.17, 15) is 0 Å². The van der Waals surface area contributed by atoms with E-state index in [-0.39, 0.29) is 5.41 Å². The minimum Gasteiger partial charge on any atom is -0.380 e. The van der Waals surface area contributed by atoms with Crippen molar-refractivity contribution in [3.8, 4) is 0 Å². The zero-order chi connectivity index (χ0) is 14.7. The molecule has 3 rings (SSSR count). The fraction of sp³-hybridized carbons (Fsp3) is 0.938. The highest BCUT2D eigenvalue weighted by molar-refractivity contribution is 5.80. The molecule has 2 saturated heterocycles. The molecule has 0 aromatic heterocycles. The first-order chi connectivity index (χ1) is 10.2. The van der Waals surface area contributed by atoms with Crippen LogP contribution in [0.5, 0.6) is 0 Å². The number of hydrogen-bond acceptors (Lipinski definition) is 3. The summed E-state index contributed by atoms with van der Waals surface area (Å²) < 4.78 is 5.30. The van der Waals surface area contributed by atoms with Crippen molar-refractivity contribution in [2.45, 2.75) is 51.6 Å². The Labute approximate surface area is 128 Å². The van der Waals surface area contributed by atoms with E-state index in [1.807, 2.05) is 0 Å². The van der Waals surface area contributed by atoms with Crippen molar-refractivity contribution < 1.29 is 4.74 Å². The molecular weight excluding hydrogens is 264 g/mol. The largest absolute Gasteiger partial charge is 0.380 e. The van der Waals surface area contributed by atoms with E-state index in [4.69, 9.17) is 9.73 Å². The number of piperidine rings is 1. The Balaban J connectivity index is 1.46. The number of guanidine groups is 1. The molecule has 3 aliphatic rings. The lowest BCUT2D eigenvalue weighted by Gasteiger charge is -2.37. The van der Waals surface area contributed by atoms with Gasteiger partial charge in [-0.15, -0.1) is 0 Å².